The molecule has 0 saturated carbocycles. The van der Waals surface area contributed by atoms with Crippen molar-refractivity contribution in [1.82, 2.24) is 20.1 Å². The summed E-state index contributed by atoms with van der Waals surface area (Å²) in [6, 6.07) is 9.95. The molecule has 3 rings (SSSR count). The largest absolute Gasteiger partial charge is 0.467 e. The number of aromatic nitrogens is 3. The van der Waals surface area contributed by atoms with Gasteiger partial charge < -0.3 is 14.3 Å². The Morgan fingerprint density at radius 3 is 2.84 bits per heavy atom. The van der Waals surface area contributed by atoms with E-state index in [1.54, 1.807) is 55.1 Å². The number of carbonyl (C=O) groups excluding carboxylic acids is 1. The van der Waals surface area contributed by atoms with Crippen LogP contribution in [0.3, 0.4) is 0 Å². The number of benzene rings is 1. The van der Waals surface area contributed by atoms with E-state index in [4.69, 9.17) is 4.42 Å². The second-order valence-corrected chi connectivity index (χ2v) is 6.71. The van der Waals surface area contributed by atoms with Gasteiger partial charge in [0.2, 0.25) is 5.91 Å². The number of furan rings is 1. The van der Waals surface area contributed by atoms with Gasteiger partial charge in [0.1, 0.15) is 11.6 Å². The number of hydrogen-bond donors (Lipinski definition) is 1. The molecule has 2 heterocycles. The lowest BCUT2D eigenvalue weighted by Crippen LogP contribution is -2.30. The van der Waals surface area contributed by atoms with Crippen LogP contribution in [-0.4, -0.2) is 25.9 Å². The molecular weight excluding hydrogens is 343 g/mol. The molecule has 0 saturated heterocycles. The van der Waals surface area contributed by atoms with Gasteiger partial charge in [-0.05, 0) is 31.2 Å². The summed E-state index contributed by atoms with van der Waals surface area (Å²) in [5, 5.41) is 11.1. The van der Waals surface area contributed by atoms with Crippen molar-refractivity contribution in [2.24, 2.45) is 7.05 Å². The molecule has 130 valence electrons. The second-order valence-electron chi connectivity index (χ2n) is 5.40. The number of amides is 1. The molecule has 1 amide bonds. The minimum atomic E-state index is -0.383. The average Bonchev–Trinajstić information content (AvgIpc) is 3.24. The predicted octanol–water partition coefficient (Wildman–Crippen LogP) is 3.01. The van der Waals surface area contributed by atoms with Gasteiger partial charge in [0.05, 0.1) is 23.6 Å². The highest BCUT2D eigenvalue weighted by molar-refractivity contribution is 8.00. The first kappa shape index (κ1) is 17.2. The number of halogens is 1. The summed E-state index contributed by atoms with van der Waals surface area (Å²) in [5.74, 6) is 0.602. The van der Waals surface area contributed by atoms with Crippen LogP contribution in [0.4, 0.5) is 4.39 Å². The van der Waals surface area contributed by atoms with Crippen LogP contribution in [0.1, 0.15) is 12.7 Å². The topological polar surface area (TPSA) is 73.0 Å². The zero-order valence-electron chi connectivity index (χ0n) is 13.8. The fraction of sp³-hybridized carbons (Fsp3) is 0.235. The Hall–Kier alpha value is -2.61. The molecule has 0 radical (unpaired) electrons. The van der Waals surface area contributed by atoms with E-state index in [0.717, 1.165) is 0 Å². The van der Waals surface area contributed by atoms with Crippen LogP contribution in [0.15, 0.2) is 52.2 Å². The lowest BCUT2D eigenvalue weighted by atomic mass is 10.2. The van der Waals surface area contributed by atoms with Crippen molar-refractivity contribution < 1.29 is 13.6 Å². The lowest BCUT2D eigenvalue weighted by molar-refractivity contribution is -0.120. The summed E-state index contributed by atoms with van der Waals surface area (Å²) in [7, 11) is 1.75. The third-order valence-electron chi connectivity index (χ3n) is 3.62. The molecule has 0 bridgehead atoms. The number of nitrogens with one attached hydrogen (secondary N) is 1. The van der Waals surface area contributed by atoms with Crippen LogP contribution in [0, 0.1) is 5.82 Å². The first-order chi connectivity index (χ1) is 12.1. The Morgan fingerprint density at radius 1 is 1.32 bits per heavy atom. The predicted molar refractivity (Wildman–Crippen MR) is 92.3 cm³/mol. The van der Waals surface area contributed by atoms with Crippen molar-refractivity contribution in [3.63, 3.8) is 0 Å². The maximum atomic E-state index is 13.9. The number of thioether (sulfide) groups is 1. The van der Waals surface area contributed by atoms with E-state index in [-0.39, 0.29) is 17.0 Å². The van der Waals surface area contributed by atoms with E-state index in [9.17, 15) is 9.18 Å². The molecule has 8 heteroatoms. The number of rotatable bonds is 6. The first-order valence-electron chi connectivity index (χ1n) is 7.67. The van der Waals surface area contributed by atoms with Crippen molar-refractivity contribution in [2.75, 3.05) is 0 Å². The Kier molecular flexibility index (Phi) is 5.18. The summed E-state index contributed by atoms with van der Waals surface area (Å²) in [6.45, 7) is 2.11. The highest BCUT2D eigenvalue weighted by Gasteiger charge is 2.20. The highest BCUT2D eigenvalue weighted by Crippen LogP contribution is 2.27. The first-order valence-corrected chi connectivity index (χ1v) is 8.55. The molecule has 1 N–H and O–H groups in total. The van der Waals surface area contributed by atoms with Crippen LogP contribution in [-0.2, 0) is 18.4 Å². The fourth-order valence-electron chi connectivity index (χ4n) is 2.24. The van der Waals surface area contributed by atoms with E-state index in [2.05, 4.69) is 15.5 Å². The molecule has 2 aromatic heterocycles. The van der Waals surface area contributed by atoms with Gasteiger partial charge in [0.15, 0.2) is 11.0 Å². The summed E-state index contributed by atoms with van der Waals surface area (Å²) >= 11 is 1.26. The van der Waals surface area contributed by atoms with Crippen LogP contribution >= 0.6 is 11.8 Å². The quantitative estimate of drug-likeness (QED) is 0.684. The standard InChI is InChI=1S/C17H17FN4O2S/c1-11(16(23)19-10-12-6-5-9-24-12)25-17-21-20-15(22(17)2)13-7-3-4-8-14(13)18/h3-9,11H,10H2,1-2H3,(H,19,23)/t11-/m1/s1. The number of hydrogen-bond acceptors (Lipinski definition) is 5. The summed E-state index contributed by atoms with van der Waals surface area (Å²) in [4.78, 5) is 12.2. The summed E-state index contributed by atoms with van der Waals surface area (Å²) in [6.07, 6.45) is 1.56. The molecule has 0 aliphatic heterocycles. The SMILES string of the molecule is C[C@@H](Sc1nnc(-c2ccccc2F)n1C)C(=O)NCc1ccco1. The second kappa shape index (κ2) is 7.52. The Bertz CT molecular complexity index is 863. The third kappa shape index (κ3) is 3.90. The lowest BCUT2D eigenvalue weighted by Gasteiger charge is -2.11. The molecule has 0 unspecified atom stereocenters. The van der Waals surface area contributed by atoms with Gasteiger partial charge in [-0.3, -0.25) is 4.79 Å². The highest BCUT2D eigenvalue weighted by atomic mass is 32.2. The Balaban J connectivity index is 1.67. The van der Waals surface area contributed by atoms with Crippen molar-refractivity contribution in [3.05, 3.63) is 54.2 Å². The van der Waals surface area contributed by atoms with E-state index in [1.807, 2.05) is 0 Å². The molecular formula is C17H17FN4O2S. The zero-order valence-corrected chi connectivity index (χ0v) is 14.6. The molecule has 1 aromatic carbocycles. The van der Waals surface area contributed by atoms with Crippen LogP contribution in [0.2, 0.25) is 0 Å². The molecule has 0 aliphatic rings. The molecule has 0 fully saturated rings. The molecule has 6 nitrogen and oxygen atoms in total. The van der Waals surface area contributed by atoms with E-state index >= 15 is 0 Å². The molecule has 3 aromatic rings. The molecule has 0 spiro atoms. The van der Waals surface area contributed by atoms with E-state index in [1.165, 1.54) is 17.8 Å². The van der Waals surface area contributed by atoms with Gasteiger partial charge in [-0.2, -0.15) is 0 Å². The summed E-state index contributed by atoms with van der Waals surface area (Å²) in [5.41, 5.74) is 0.374. The third-order valence-corrected chi connectivity index (χ3v) is 4.75. The van der Waals surface area contributed by atoms with Gasteiger partial charge in [-0.25, -0.2) is 4.39 Å². The molecule has 0 aliphatic carbocycles. The Labute approximate surface area is 148 Å². The average molecular weight is 360 g/mol. The number of carbonyl (C=O) groups is 1. The van der Waals surface area contributed by atoms with Gasteiger partial charge in [-0.15, -0.1) is 10.2 Å². The minimum Gasteiger partial charge on any atom is -0.467 e. The van der Waals surface area contributed by atoms with E-state index in [0.29, 0.717) is 28.8 Å². The maximum Gasteiger partial charge on any atom is 0.233 e. The van der Waals surface area contributed by atoms with Gasteiger partial charge in [0, 0.05) is 7.05 Å². The van der Waals surface area contributed by atoms with Crippen molar-refractivity contribution in [3.8, 4) is 11.4 Å². The van der Waals surface area contributed by atoms with Crippen molar-refractivity contribution in [2.45, 2.75) is 23.9 Å². The number of nitrogens with zero attached hydrogens (tertiary/aromatic N) is 3. The van der Waals surface area contributed by atoms with E-state index < -0.39 is 0 Å². The van der Waals surface area contributed by atoms with Crippen molar-refractivity contribution >= 4 is 17.7 Å². The fourth-order valence-corrected chi connectivity index (χ4v) is 3.08. The van der Waals surface area contributed by atoms with Gasteiger partial charge in [0.25, 0.3) is 0 Å². The Morgan fingerprint density at radius 2 is 2.12 bits per heavy atom. The van der Waals surface area contributed by atoms with Gasteiger partial charge >= 0.3 is 0 Å². The van der Waals surface area contributed by atoms with Crippen LogP contribution in [0.5, 0.6) is 0 Å². The van der Waals surface area contributed by atoms with Gasteiger partial charge in [-0.1, -0.05) is 23.9 Å². The smallest absolute Gasteiger partial charge is 0.233 e. The van der Waals surface area contributed by atoms with Crippen molar-refractivity contribution in [1.29, 1.82) is 0 Å². The normalized spacial score (nSPS) is 12.1. The monoisotopic (exact) mass is 360 g/mol. The molecule has 1 atom stereocenters. The van der Waals surface area contributed by atoms with Crippen LogP contribution in [0.25, 0.3) is 11.4 Å². The zero-order chi connectivity index (χ0) is 17.8. The minimum absolute atomic E-state index is 0.142. The maximum absolute atomic E-state index is 13.9. The van der Waals surface area contributed by atoms with Crippen LogP contribution < -0.4 is 5.32 Å². The summed E-state index contributed by atoms with van der Waals surface area (Å²) < 4.78 is 20.8. The molecule has 25 heavy (non-hydrogen) atoms.